The van der Waals surface area contributed by atoms with Crippen LogP contribution in [-0.2, 0) is 4.79 Å². The molecule has 5 heteroatoms. The largest absolute Gasteiger partial charge is 0.324 e. The molecule has 0 heterocycles. The molecule has 0 spiro atoms. The normalized spacial score (nSPS) is 12.0. The highest BCUT2D eigenvalue weighted by atomic mass is 79.9. The van der Waals surface area contributed by atoms with Crippen molar-refractivity contribution in [2.45, 2.75) is 12.2 Å². The molecule has 2 rings (SSSR count). The van der Waals surface area contributed by atoms with Crippen LogP contribution in [0.4, 0.5) is 5.69 Å². The van der Waals surface area contributed by atoms with Crippen LogP contribution in [0.2, 0.25) is 5.02 Å². The lowest BCUT2D eigenvalue weighted by Crippen LogP contribution is -2.15. The number of hydrogen-bond donors (Lipinski definition) is 1. The molecule has 1 amide bonds. The Bertz CT molecular complexity index is 635. The zero-order valence-corrected chi connectivity index (χ0v) is 14.6. The first kappa shape index (κ1) is 16.4. The number of hydrogen-bond acceptors (Lipinski definition) is 2. The quantitative estimate of drug-likeness (QED) is 0.733. The average Bonchev–Trinajstić information content (AvgIpc) is 2.48. The number of benzene rings is 2. The van der Waals surface area contributed by atoms with Gasteiger partial charge in [0.15, 0.2) is 0 Å². The van der Waals surface area contributed by atoms with E-state index in [4.69, 9.17) is 11.6 Å². The van der Waals surface area contributed by atoms with Crippen molar-refractivity contribution < 1.29 is 4.79 Å². The van der Waals surface area contributed by atoms with E-state index in [1.165, 1.54) is 0 Å². The van der Waals surface area contributed by atoms with Crippen molar-refractivity contribution in [2.75, 3.05) is 11.1 Å². The number of rotatable bonds is 5. The summed E-state index contributed by atoms with van der Waals surface area (Å²) in [6, 6.07) is 15.3. The molecule has 1 atom stereocenters. The van der Waals surface area contributed by atoms with Crippen molar-refractivity contribution in [3.8, 4) is 0 Å². The van der Waals surface area contributed by atoms with Gasteiger partial charge in [-0.2, -0.15) is 0 Å². The van der Waals surface area contributed by atoms with Crippen molar-refractivity contribution >= 4 is 50.9 Å². The highest BCUT2D eigenvalue weighted by molar-refractivity contribution is 9.10. The summed E-state index contributed by atoms with van der Waals surface area (Å²) in [5.74, 6) is 0.360. The minimum absolute atomic E-state index is 0.0224. The van der Waals surface area contributed by atoms with Crippen LogP contribution in [0.25, 0.3) is 0 Å². The average molecular weight is 385 g/mol. The molecule has 2 aromatic rings. The van der Waals surface area contributed by atoms with Gasteiger partial charge in [-0.25, -0.2) is 0 Å². The Morgan fingerprint density at radius 2 is 1.90 bits per heavy atom. The van der Waals surface area contributed by atoms with Crippen LogP contribution in [0.5, 0.6) is 0 Å². The molecular formula is C16H15BrClNOS. The van der Waals surface area contributed by atoms with E-state index < -0.39 is 0 Å². The smallest absolute Gasteiger partial charge is 0.234 e. The number of para-hydroxylation sites is 1. The Hall–Kier alpha value is -0.970. The molecule has 0 fully saturated rings. The van der Waals surface area contributed by atoms with Crippen LogP contribution in [0.1, 0.15) is 17.7 Å². The molecule has 0 aliphatic rings. The Kier molecular flexibility index (Phi) is 6.15. The maximum atomic E-state index is 12.0. The zero-order chi connectivity index (χ0) is 15.2. The van der Waals surface area contributed by atoms with E-state index in [1.807, 2.05) is 48.5 Å². The summed E-state index contributed by atoms with van der Waals surface area (Å²) < 4.78 is 0.877. The Morgan fingerprint density at radius 3 is 2.62 bits per heavy atom. The predicted molar refractivity (Wildman–Crippen MR) is 95.1 cm³/mol. The third-order valence-corrected chi connectivity index (χ3v) is 5.17. The minimum Gasteiger partial charge on any atom is -0.324 e. The molecular weight excluding hydrogens is 370 g/mol. The van der Waals surface area contributed by atoms with Crippen molar-refractivity contribution in [3.05, 3.63) is 63.6 Å². The molecule has 1 N–H and O–H groups in total. The Labute approximate surface area is 142 Å². The fourth-order valence-corrected chi connectivity index (χ4v) is 3.45. The molecule has 0 radical (unpaired) electrons. The summed E-state index contributed by atoms with van der Waals surface area (Å²) in [4.78, 5) is 12.0. The van der Waals surface area contributed by atoms with E-state index in [9.17, 15) is 4.79 Å². The van der Waals surface area contributed by atoms with E-state index >= 15 is 0 Å². The van der Waals surface area contributed by atoms with Gasteiger partial charge in [-0.3, -0.25) is 4.79 Å². The van der Waals surface area contributed by atoms with Crippen LogP contribution in [-0.4, -0.2) is 11.7 Å². The summed E-state index contributed by atoms with van der Waals surface area (Å²) >= 11 is 11.1. The first-order chi connectivity index (χ1) is 10.1. The SMILES string of the molecule is CC(SCC(=O)Nc1ccccc1Br)c1ccccc1Cl. The van der Waals surface area contributed by atoms with E-state index in [0.29, 0.717) is 5.75 Å². The highest BCUT2D eigenvalue weighted by Crippen LogP contribution is 2.33. The molecule has 0 aromatic heterocycles. The van der Waals surface area contributed by atoms with Gasteiger partial charge in [0.2, 0.25) is 5.91 Å². The molecule has 0 saturated carbocycles. The van der Waals surface area contributed by atoms with Crippen LogP contribution in [0, 0.1) is 0 Å². The number of anilines is 1. The molecule has 2 nitrogen and oxygen atoms in total. The molecule has 0 bridgehead atoms. The van der Waals surface area contributed by atoms with Crippen molar-refractivity contribution in [1.82, 2.24) is 0 Å². The lowest BCUT2D eigenvalue weighted by atomic mass is 10.2. The molecule has 21 heavy (non-hydrogen) atoms. The fourth-order valence-electron chi connectivity index (χ4n) is 1.84. The summed E-state index contributed by atoms with van der Waals surface area (Å²) in [6.45, 7) is 2.05. The van der Waals surface area contributed by atoms with Gasteiger partial charge in [0.1, 0.15) is 0 Å². The monoisotopic (exact) mass is 383 g/mol. The second-order valence-corrected chi connectivity index (χ2v) is 7.09. The summed E-state index contributed by atoms with van der Waals surface area (Å²) in [5, 5.41) is 3.80. The van der Waals surface area contributed by atoms with E-state index in [1.54, 1.807) is 11.8 Å². The van der Waals surface area contributed by atoms with Crippen molar-refractivity contribution in [1.29, 1.82) is 0 Å². The van der Waals surface area contributed by atoms with Gasteiger partial charge < -0.3 is 5.32 Å². The molecule has 2 aromatic carbocycles. The summed E-state index contributed by atoms with van der Waals surface area (Å²) in [7, 11) is 0. The maximum Gasteiger partial charge on any atom is 0.234 e. The van der Waals surface area contributed by atoms with Crippen LogP contribution in [0.15, 0.2) is 53.0 Å². The predicted octanol–water partition coefficient (Wildman–Crippen LogP) is 5.54. The lowest BCUT2D eigenvalue weighted by Gasteiger charge is -2.13. The van der Waals surface area contributed by atoms with Gasteiger partial charge in [0.05, 0.1) is 11.4 Å². The van der Waals surface area contributed by atoms with Gasteiger partial charge in [0.25, 0.3) is 0 Å². The number of carbonyl (C=O) groups is 1. The number of thioether (sulfide) groups is 1. The molecule has 0 aliphatic carbocycles. The number of nitrogens with one attached hydrogen (secondary N) is 1. The molecule has 110 valence electrons. The van der Waals surface area contributed by atoms with Gasteiger partial charge in [-0.15, -0.1) is 11.8 Å². The first-order valence-electron chi connectivity index (χ1n) is 6.48. The fraction of sp³-hybridized carbons (Fsp3) is 0.188. The second kappa shape index (κ2) is 7.87. The first-order valence-corrected chi connectivity index (χ1v) is 8.70. The molecule has 1 unspecified atom stereocenters. The van der Waals surface area contributed by atoms with Crippen LogP contribution >= 0.6 is 39.3 Å². The van der Waals surface area contributed by atoms with Crippen LogP contribution < -0.4 is 5.32 Å². The molecule has 0 aliphatic heterocycles. The number of carbonyl (C=O) groups excluding carboxylic acids is 1. The third kappa shape index (κ3) is 4.77. The maximum absolute atomic E-state index is 12.0. The third-order valence-electron chi connectivity index (χ3n) is 2.96. The standard InChI is InChI=1S/C16H15BrClNOS/c1-11(12-6-2-4-8-14(12)18)21-10-16(20)19-15-9-5-3-7-13(15)17/h2-9,11H,10H2,1H3,(H,19,20). The van der Waals surface area contributed by atoms with Crippen molar-refractivity contribution in [3.63, 3.8) is 0 Å². The van der Waals surface area contributed by atoms with E-state index in [-0.39, 0.29) is 11.2 Å². The van der Waals surface area contributed by atoms with Crippen molar-refractivity contribution in [2.24, 2.45) is 0 Å². The van der Waals surface area contributed by atoms with Gasteiger partial charge in [-0.1, -0.05) is 41.9 Å². The van der Waals surface area contributed by atoms with Gasteiger partial charge in [0, 0.05) is 14.7 Å². The highest BCUT2D eigenvalue weighted by Gasteiger charge is 2.12. The minimum atomic E-state index is -0.0224. The number of halogens is 2. The summed E-state index contributed by atoms with van der Waals surface area (Å²) in [5.41, 5.74) is 1.84. The topological polar surface area (TPSA) is 29.1 Å². The van der Waals surface area contributed by atoms with E-state index in [0.717, 1.165) is 20.7 Å². The van der Waals surface area contributed by atoms with E-state index in [2.05, 4.69) is 28.2 Å². The lowest BCUT2D eigenvalue weighted by molar-refractivity contribution is -0.113. The zero-order valence-electron chi connectivity index (χ0n) is 11.5. The Balaban J connectivity index is 1.90. The Morgan fingerprint density at radius 1 is 1.24 bits per heavy atom. The van der Waals surface area contributed by atoms with Gasteiger partial charge >= 0.3 is 0 Å². The van der Waals surface area contributed by atoms with Crippen LogP contribution in [0.3, 0.4) is 0 Å². The number of amides is 1. The molecule has 0 saturated heterocycles. The van der Waals surface area contributed by atoms with Gasteiger partial charge in [-0.05, 0) is 46.6 Å². The second-order valence-electron chi connectivity index (χ2n) is 4.50. The summed E-state index contributed by atoms with van der Waals surface area (Å²) in [6.07, 6.45) is 0.